The Morgan fingerprint density at radius 2 is 1.79 bits per heavy atom. The summed E-state index contributed by atoms with van der Waals surface area (Å²) in [5.41, 5.74) is 1.97. The normalized spacial score (nSPS) is 17.4. The van der Waals surface area contributed by atoms with Gasteiger partial charge in [-0.2, -0.15) is 0 Å². The third-order valence-corrected chi connectivity index (χ3v) is 5.53. The van der Waals surface area contributed by atoms with Gasteiger partial charge < -0.3 is 14.7 Å². The Morgan fingerprint density at radius 1 is 1.03 bits per heavy atom. The van der Waals surface area contributed by atoms with Crippen molar-refractivity contribution in [2.24, 2.45) is 0 Å². The average Bonchev–Trinajstić information content (AvgIpc) is 3.10. The van der Waals surface area contributed by atoms with Gasteiger partial charge in [-0.05, 0) is 60.0 Å². The molecule has 1 unspecified atom stereocenters. The molecule has 7 heteroatoms. The van der Waals surface area contributed by atoms with E-state index in [4.69, 9.17) is 4.74 Å². The highest BCUT2D eigenvalue weighted by molar-refractivity contribution is 6.46. The maximum absolute atomic E-state index is 13.1. The maximum atomic E-state index is 13.1. The summed E-state index contributed by atoms with van der Waals surface area (Å²) in [4.78, 5) is 35.7. The molecule has 4 rings (SSSR count). The van der Waals surface area contributed by atoms with E-state index >= 15 is 0 Å². The Labute approximate surface area is 192 Å². The van der Waals surface area contributed by atoms with Crippen molar-refractivity contribution in [3.05, 3.63) is 95.6 Å². The number of rotatable bonds is 8. The largest absolute Gasteiger partial charge is 0.507 e. The first-order valence-electron chi connectivity index (χ1n) is 10.9. The predicted molar refractivity (Wildman–Crippen MR) is 123 cm³/mol. The van der Waals surface area contributed by atoms with Crippen LogP contribution in [0.5, 0.6) is 5.75 Å². The molecule has 0 aliphatic carbocycles. The zero-order valence-electron chi connectivity index (χ0n) is 18.3. The van der Waals surface area contributed by atoms with E-state index in [2.05, 4.69) is 16.9 Å². The minimum absolute atomic E-state index is 0.0507. The van der Waals surface area contributed by atoms with Gasteiger partial charge in [-0.25, -0.2) is 0 Å². The molecular formula is C26H25N3O4. The third kappa shape index (κ3) is 4.77. The molecule has 33 heavy (non-hydrogen) atoms. The molecule has 3 aromatic rings. The van der Waals surface area contributed by atoms with E-state index in [-0.39, 0.29) is 17.9 Å². The summed E-state index contributed by atoms with van der Waals surface area (Å²) in [5, 5.41) is 11.1. The number of hydrogen-bond acceptors (Lipinski definition) is 6. The predicted octanol–water partition coefficient (Wildman–Crippen LogP) is 4.28. The number of likely N-dealkylation sites (tertiary alicyclic amines) is 1. The molecule has 0 bridgehead atoms. The molecule has 7 nitrogen and oxygen atoms in total. The van der Waals surface area contributed by atoms with Crippen molar-refractivity contribution in [2.45, 2.75) is 32.4 Å². The van der Waals surface area contributed by atoms with E-state index in [1.807, 2.05) is 6.07 Å². The quantitative estimate of drug-likeness (QED) is 0.242. The molecule has 168 valence electrons. The van der Waals surface area contributed by atoms with Crippen LogP contribution < -0.4 is 4.74 Å². The summed E-state index contributed by atoms with van der Waals surface area (Å²) in [7, 11) is 0. The van der Waals surface area contributed by atoms with Gasteiger partial charge in [0.2, 0.25) is 0 Å². The number of Topliss-reactive ketones (excluding diaryl/α,β-unsaturated/α-hetero) is 1. The number of unbranched alkanes of at least 4 members (excludes halogenated alkanes) is 1. The van der Waals surface area contributed by atoms with Crippen LogP contribution in [0.4, 0.5) is 0 Å². The number of amides is 1. The van der Waals surface area contributed by atoms with Gasteiger partial charge >= 0.3 is 0 Å². The molecule has 1 N–H and O–H groups in total. The van der Waals surface area contributed by atoms with E-state index in [1.165, 1.54) is 4.90 Å². The van der Waals surface area contributed by atoms with E-state index in [9.17, 15) is 14.7 Å². The minimum Gasteiger partial charge on any atom is -0.507 e. The average molecular weight is 444 g/mol. The summed E-state index contributed by atoms with van der Waals surface area (Å²) in [6.07, 6.45) is 8.48. The molecule has 1 aromatic carbocycles. The second kappa shape index (κ2) is 10.1. The fraction of sp³-hybridized carbons (Fsp3) is 0.231. The number of pyridine rings is 2. The van der Waals surface area contributed by atoms with E-state index in [0.717, 1.165) is 18.4 Å². The van der Waals surface area contributed by atoms with Crippen molar-refractivity contribution in [3.8, 4) is 5.75 Å². The van der Waals surface area contributed by atoms with Gasteiger partial charge in [0.1, 0.15) is 11.5 Å². The van der Waals surface area contributed by atoms with Crippen molar-refractivity contribution in [2.75, 3.05) is 6.61 Å². The Bertz CT molecular complexity index is 1150. The fourth-order valence-corrected chi connectivity index (χ4v) is 3.82. The van der Waals surface area contributed by atoms with Crippen LogP contribution in [-0.2, 0) is 16.1 Å². The van der Waals surface area contributed by atoms with E-state index in [0.29, 0.717) is 23.5 Å². The van der Waals surface area contributed by atoms with Crippen LogP contribution in [0, 0.1) is 0 Å². The molecule has 2 aromatic heterocycles. The number of aromatic nitrogens is 2. The van der Waals surface area contributed by atoms with Gasteiger partial charge in [0, 0.05) is 36.9 Å². The Morgan fingerprint density at radius 3 is 2.45 bits per heavy atom. The van der Waals surface area contributed by atoms with E-state index < -0.39 is 17.7 Å². The lowest BCUT2D eigenvalue weighted by molar-refractivity contribution is -0.140. The zero-order valence-corrected chi connectivity index (χ0v) is 18.3. The van der Waals surface area contributed by atoms with Crippen LogP contribution in [0.3, 0.4) is 0 Å². The Kier molecular flexibility index (Phi) is 6.78. The molecule has 0 saturated carbocycles. The first kappa shape index (κ1) is 22.2. The van der Waals surface area contributed by atoms with Crippen molar-refractivity contribution in [3.63, 3.8) is 0 Å². The number of carbonyl (C=O) groups is 2. The molecule has 1 amide bonds. The van der Waals surface area contributed by atoms with Crippen LogP contribution in [0.2, 0.25) is 0 Å². The zero-order chi connectivity index (χ0) is 23.2. The lowest BCUT2D eigenvalue weighted by Crippen LogP contribution is -2.29. The summed E-state index contributed by atoms with van der Waals surface area (Å²) < 4.78 is 5.68. The van der Waals surface area contributed by atoms with Crippen LogP contribution in [-0.4, -0.2) is 38.3 Å². The van der Waals surface area contributed by atoms with Crippen molar-refractivity contribution >= 4 is 17.4 Å². The molecule has 0 spiro atoms. The van der Waals surface area contributed by atoms with Crippen LogP contribution in [0.15, 0.2) is 78.9 Å². The van der Waals surface area contributed by atoms with Crippen molar-refractivity contribution in [1.29, 1.82) is 0 Å². The summed E-state index contributed by atoms with van der Waals surface area (Å²) >= 11 is 0. The number of benzene rings is 1. The van der Waals surface area contributed by atoms with Gasteiger partial charge in [-0.3, -0.25) is 19.6 Å². The third-order valence-electron chi connectivity index (χ3n) is 5.53. The lowest BCUT2D eigenvalue weighted by atomic mass is 9.96. The maximum Gasteiger partial charge on any atom is 0.295 e. The molecule has 1 atom stereocenters. The second-order valence-corrected chi connectivity index (χ2v) is 7.80. The van der Waals surface area contributed by atoms with Gasteiger partial charge in [-0.1, -0.05) is 19.4 Å². The van der Waals surface area contributed by atoms with Crippen molar-refractivity contribution < 1.29 is 19.4 Å². The Hall–Kier alpha value is -4.00. The molecule has 0 radical (unpaired) electrons. The topological polar surface area (TPSA) is 92.6 Å². The number of aliphatic hydroxyl groups excluding tert-OH is 1. The number of aliphatic hydroxyl groups is 1. The fourth-order valence-electron chi connectivity index (χ4n) is 3.82. The van der Waals surface area contributed by atoms with Crippen LogP contribution in [0.1, 0.15) is 42.5 Å². The number of hydrogen-bond donors (Lipinski definition) is 1. The van der Waals surface area contributed by atoms with Gasteiger partial charge in [0.15, 0.2) is 0 Å². The summed E-state index contributed by atoms with van der Waals surface area (Å²) in [6, 6.07) is 13.2. The number of ether oxygens (including phenoxy) is 1. The summed E-state index contributed by atoms with van der Waals surface area (Å²) in [5.74, 6) is -0.921. The summed E-state index contributed by atoms with van der Waals surface area (Å²) in [6.45, 7) is 2.89. The van der Waals surface area contributed by atoms with Gasteiger partial charge in [0.25, 0.3) is 11.7 Å². The standard InChI is InChI=1S/C26H25N3O4/c1-2-3-15-33-21-8-6-20(7-9-21)24(30)22-23(19-10-13-27-14-11-19)29(26(32)25(22)31)17-18-5-4-12-28-16-18/h4-14,16,23,30H,2-3,15,17H2,1H3/b24-22-. The highest BCUT2D eigenvalue weighted by Crippen LogP contribution is 2.40. The molecular weight excluding hydrogens is 418 g/mol. The minimum atomic E-state index is -0.742. The first-order valence-corrected chi connectivity index (χ1v) is 10.9. The van der Waals surface area contributed by atoms with Crippen molar-refractivity contribution in [1.82, 2.24) is 14.9 Å². The smallest absolute Gasteiger partial charge is 0.295 e. The highest BCUT2D eigenvalue weighted by atomic mass is 16.5. The Balaban J connectivity index is 1.72. The van der Waals surface area contributed by atoms with Gasteiger partial charge in [0.05, 0.1) is 18.2 Å². The number of nitrogens with zero attached hydrogens (tertiary/aromatic N) is 3. The van der Waals surface area contributed by atoms with Crippen LogP contribution >= 0.6 is 0 Å². The molecule has 3 heterocycles. The monoisotopic (exact) mass is 443 g/mol. The molecule has 1 saturated heterocycles. The molecule has 1 aliphatic heterocycles. The second-order valence-electron chi connectivity index (χ2n) is 7.80. The molecule has 1 aliphatic rings. The number of ketones is 1. The van der Waals surface area contributed by atoms with Gasteiger partial charge in [-0.15, -0.1) is 0 Å². The highest BCUT2D eigenvalue weighted by Gasteiger charge is 2.46. The van der Waals surface area contributed by atoms with Crippen LogP contribution in [0.25, 0.3) is 5.76 Å². The molecule has 1 fully saturated rings. The lowest BCUT2D eigenvalue weighted by Gasteiger charge is -2.25. The first-order chi connectivity index (χ1) is 16.1. The number of carbonyl (C=O) groups excluding carboxylic acids is 2. The SMILES string of the molecule is CCCCOc1ccc(/C(O)=C2/C(=O)C(=O)N(Cc3cccnc3)C2c2ccncc2)cc1. The van der Waals surface area contributed by atoms with E-state index in [1.54, 1.807) is 67.3 Å².